The Kier molecular flexibility index (Phi) is 6.53. The number of anilines is 1. The third kappa shape index (κ3) is 5.09. The molecule has 1 aliphatic heterocycles. The second-order valence-corrected chi connectivity index (χ2v) is 9.59. The summed E-state index contributed by atoms with van der Waals surface area (Å²) >= 11 is 1.42. The van der Waals surface area contributed by atoms with E-state index in [-0.39, 0.29) is 30.2 Å². The van der Waals surface area contributed by atoms with E-state index in [1.165, 1.54) is 23.5 Å². The molecule has 5 rings (SSSR count). The molecule has 1 aromatic carbocycles. The zero-order valence-corrected chi connectivity index (χ0v) is 19.6. The van der Waals surface area contributed by atoms with Gasteiger partial charge in [-0.3, -0.25) is 9.59 Å². The molecule has 7 nitrogen and oxygen atoms in total. The van der Waals surface area contributed by atoms with Crippen molar-refractivity contribution >= 4 is 29.0 Å². The third-order valence-corrected chi connectivity index (χ3v) is 7.11. The first-order valence-electron chi connectivity index (χ1n) is 11.6. The lowest BCUT2D eigenvalue weighted by molar-refractivity contribution is -0.131. The van der Waals surface area contributed by atoms with Crippen molar-refractivity contribution in [1.82, 2.24) is 20.0 Å². The minimum absolute atomic E-state index is 0.00334. The van der Waals surface area contributed by atoms with E-state index in [2.05, 4.69) is 15.1 Å². The normalized spacial score (nSPS) is 16.3. The molecule has 0 N–H and O–H groups in total. The Morgan fingerprint density at radius 3 is 2.50 bits per heavy atom. The first-order valence-corrected chi connectivity index (χ1v) is 12.4. The summed E-state index contributed by atoms with van der Waals surface area (Å²) in [5, 5.41) is 10.6. The second-order valence-electron chi connectivity index (χ2n) is 8.65. The number of halogens is 1. The van der Waals surface area contributed by atoms with E-state index in [1.807, 2.05) is 34.5 Å². The number of thiophene rings is 1. The molecule has 9 heteroatoms. The SMILES string of the molecule is O=C(CN(C(=O)c1cccs1)C1CC1)N1CCCN(c2ccc(-c3ccc(F)cc3)nn2)CC1. The summed E-state index contributed by atoms with van der Waals surface area (Å²) in [6, 6.07) is 13.8. The summed E-state index contributed by atoms with van der Waals surface area (Å²) in [6.07, 6.45) is 2.74. The van der Waals surface area contributed by atoms with Crippen LogP contribution >= 0.6 is 11.3 Å². The molecular weight excluding hydrogens is 453 g/mol. The van der Waals surface area contributed by atoms with Gasteiger partial charge in [-0.15, -0.1) is 21.5 Å². The molecule has 0 radical (unpaired) electrons. The third-order valence-electron chi connectivity index (χ3n) is 6.25. The van der Waals surface area contributed by atoms with E-state index in [0.717, 1.165) is 37.2 Å². The lowest BCUT2D eigenvalue weighted by Crippen LogP contribution is -2.45. The number of carbonyl (C=O) groups excluding carboxylic acids is 2. The Labute approximate surface area is 201 Å². The van der Waals surface area contributed by atoms with E-state index >= 15 is 0 Å². The van der Waals surface area contributed by atoms with Crippen LogP contribution in [0.1, 0.15) is 28.9 Å². The number of hydrogen-bond donors (Lipinski definition) is 0. The first-order chi connectivity index (χ1) is 16.6. The molecule has 0 spiro atoms. The number of benzene rings is 1. The van der Waals surface area contributed by atoms with E-state index in [1.54, 1.807) is 17.0 Å². The Hall–Kier alpha value is -3.33. The molecule has 1 saturated carbocycles. The van der Waals surface area contributed by atoms with E-state index in [9.17, 15) is 14.0 Å². The summed E-state index contributed by atoms with van der Waals surface area (Å²) in [5.74, 6) is 0.427. The summed E-state index contributed by atoms with van der Waals surface area (Å²) in [5.41, 5.74) is 1.50. The average Bonchev–Trinajstić information content (AvgIpc) is 3.61. The monoisotopic (exact) mass is 479 g/mol. The summed E-state index contributed by atoms with van der Waals surface area (Å²) < 4.78 is 13.2. The number of rotatable bonds is 6. The fourth-order valence-electron chi connectivity index (χ4n) is 4.20. The maximum absolute atomic E-state index is 13.2. The van der Waals surface area contributed by atoms with Crippen molar-refractivity contribution in [2.45, 2.75) is 25.3 Å². The number of aromatic nitrogens is 2. The molecule has 34 heavy (non-hydrogen) atoms. The van der Waals surface area contributed by atoms with Gasteiger partial charge in [-0.2, -0.15) is 0 Å². The van der Waals surface area contributed by atoms with Crippen LogP contribution in [0.3, 0.4) is 0 Å². The van der Waals surface area contributed by atoms with Crippen molar-refractivity contribution in [2.24, 2.45) is 0 Å². The van der Waals surface area contributed by atoms with Crippen molar-refractivity contribution < 1.29 is 14.0 Å². The topological polar surface area (TPSA) is 69.6 Å². The van der Waals surface area contributed by atoms with Crippen LogP contribution in [0.2, 0.25) is 0 Å². The van der Waals surface area contributed by atoms with Crippen LogP contribution in [-0.2, 0) is 4.79 Å². The molecule has 2 fully saturated rings. The van der Waals surface area contributed by atoms with Gasteiger partial charge in [0.1, 0.15) is 12.4 Å². The van der Waals surface area contributed by atoms with Gasteiger partial charge < -0.3 is 14.7 Å². The average molecular weight is 480 g/mol. The largest absolute Gasteiger partial charge is 0.353 e. The Morgan fingerprint density at radius 1 is 1.00 bits per heavy atom. The molecule has 2 aliphatic rings. The Morgan fingerprint density at radius 2 is 1.82 bits per heavy atom. The molecular formula is C25H26FN5O2S. The lowest BCUT2D eigenvalue weighted by Gasteiger charge is -2.27. The highest BCUT2D eigenvalue weighted by molar-refractivity contribution is 7.12. The van der Waals surface area contributed by atoms with Crippen LogP contribution in [0.4, 0.5) is 10.2 Å². The van der Waals surface area contributed by atoms with Crippen LogP contribution in [0.25, 0.3) is 11.3 Å². The maximum atomic E-state index is 13.2. The van der Waals surface area contributed by atoms with Gasteiger partial charge in [0.15, 0.2) is 5.82 Å². The van der Waals surface area contributed by atoms with Crippen LogP contribution in [0, 0.1) is 5.82 Å². The maximum Gasteiger partial charge on any atom is 0.264 e. The van der Waals surface area contributed by atoms with Gasteiger partial charge in [0, 0.05) is 37.8 Å². The van der Waals surface area contributed by atoms with E-state index < -0.39 is 0 Å². The molecule has 1 aliphatic carbocycles. The quantitative estimate of drug-likeness (QED) is 0.539. The summed E-state index contributed by atoms with van der Waals surface area (Å²) in [7, 11) is 0. The number of carbonyl (C=O) groups is 2. The summed E-state index contributed by atoms with van der Waals surface area (Å²) in [4.78, 5) is 32.4. The molecule has 2 aromatic heterocycles. The summed E-state index contributed by atoms with van der Waals surface area (Å²) in [6.45, 7) is 2.79. The van der Waals surface area contributed by atoms with Crippen molar-refractivity contribution in [3.8, 4) is 11.3 Å². The van der Waals surface area contributed by atoms with Gasteiger partial charge in [-0.25, -0.2) is 4.39 Å². The first kappa shape index (κ1) is 22.5. The van der Waals surface area contributed by atoms with Crippen molar-refractivity contribution in [3.63, 3.8) is 0 Å². The molecule has 3 aromatic rings. The number of hydrogen-bond acceptors (Lipinski definition) is 6. The standard InChI is InChI=1S/C25H26FN5O2S/c26-19-6-4-18(5-7-19)21-10-11-23(28-27-21)29-12-2-13-30(15-14-29)24(32)17-31(20-8-9-20)25(33)22-3-1-16-34-22/h1,3-7,10-11,16,20H,2,8-9,12-15,17H2. The van der Waals surface area contributed by atoms with Gasteiger partial charge in [-0.1, -0.05) is 6.07 Å². The van der Waals surface area contributed by atoms with Gasteiger partial charge in [0.2, 0.25) is 5.91 Å². The van der Waals surface area contributed by atoms with Crippen molar-refractivity contribution in [2.75, 3.05) is 37.6 Å². The zero-order valence-electron chi connectivity index (χ0n) is 18.8. The highest BCUT2D eigenvalue weighted by Gasteiger charge is 2.35. The highest BCUT2D eigenvalue weighted by Crippen LogP contribution is 2.29. The fraction of sp³-hybridized carbons (Fsp3) is 0.360. The Balaban J connectivity index is 1.20. The minimum atomic E-state index is -0.284. The van der Waals surface area contributed by atoms with E-state index in [0.29, 0.717) is 30.2 Å². The molecule has 0 atom stereocenters. The van der Waals surface area contributed by atoms with Gasteiger partial charge >= 0.3 is 0 Å². The Bertz CT molecular complexity index is 1130. The number of amides is 2. The molecule has 2 amide bonds. The molecule has 176 valence electrons. The lowest BCUT2D eigenvalue weighted by atomic mass is 10.1. The zero-order chi connectivity index (χ0) is 23.5. The molecule has 0 unspecified atom stereocenters. The van der Waals surface area contributed by atoms with Crippen LogP contribution in [0.15, 0.2) is 53.9 Å². The predicted molar refractivity (Wildman–Crippen MR) is 129 cm³/mol. The smallest absolute Gasteiger partial charge is 0.264 e. The predicted octanol–water partition coefficient (Wildman–Crippen LogP) is 3.69. The second kappa shape index (κ2) is 9.89. The van der Waals surface area contributed by atoms with Gasteiger partial charge in [0.25, 0.3) is 5.91 Å². The fourth-order valence-corrected chi connectivity index (χ4v) is 4.88. The highest BCUT2D eigenvalue weighted by atomic mass is 32.1. The van der Waals surface area contributed by atoms with Crippen molar-refractivity contribution in [1.29, 1.82) is 0 Å². The van der Waals surface area contributed by atoms with E-state index in [4.69, 9.17) is 0 Å². The molecule has 1 saturated heterocycles. The minimum Gasteiger partial charge on any atom is -0.353 e. The van der Waals surface area contributed by atoms with Crippen LogP contribution in [0.5, 0.6) is 0 Å². The van der Waals surface area contributed by atoms with Crippen molar-refractivity contribution in [3.05, 3.63) is 64.6 Å². The van der Waals surface area contributed by atoms with Crippen LogP contribution in [-0.4, -0.2) is 70.6 Å². The molecule has 0 bridgehead atoms. The van der Waals surface area contributed by atoms with Gasteiger partial charge in [0.05, 0.1) is 10.6 Å². The van der Waals surface area contributed by atoms with Crippen LogP contribution < -0.4 is 4.90 Å². The molecule has 3 heterocycles. The number of nitrogens with zero attached hydrogens (tertiary/aromatic N) is 5. The van der Waals surface area contributed by atoms with Gasteiger partial charge in [-0.05, 0) is 67.1 Å².